The van der Waals surface area contributed by atoms with Gasteiger partial charge in [-0.3, -0.25) is 9.59 Å². The predicted molar refractivity (Wildman–Crippen MR) is 129 cm³/mol. The fraction of sp³-hybridized carbons (Fsp3) is 0.200. The van der Waals surface area contributed by atoms with Gasteiger partial charge in [0, 0.05) is 24.5 Å². The van der Waals surface area contributed by atoms with Crippen molar-refractivity contribution >= 4 is 34.2 Å². The molecule has 2 aromatic heterocycles. The predicted octanol–water partition coefficient (Wildman–Crippen LogP) is 3.86. The average molecular weight is 460 g/mol. The van der Waals surface area contributed by atoms with Gasteiger partial charge in [0.2, 0.25) is 5.88 Å². The monoisotopic (exact) mass is 459 g/mol. The summed E-state index contributed by atoms with van der Waals surface area (Å²) in [5.74, 6) is 0.178. The lowest BCUT2D eigenvalue weighted by Gasteiger charge is -2.12. The van der Waals surface area contributed by atoms with Gasteiger partial charge < -0.3 is 20.1 Å². The molecule has 9 heteroatoms. The van der Waals surface area contributed by atoms with Crippen LogP contribution in [0.3, 0.4) is 0 Å². The van der Waals surface area contributed by atoms with Crippen molar-refractivity contribution in [1.29, 1.82) is 0 Å². The molecule has 0 bridgehead atoms. The van der Waals surface area contributed by atoms with Crippen molar-refractivity contribution in [2.24, 2.45) is 7.05 Å². The Balaban J connectivity index is 1.46. The molecule has 0 saturated carbocycles. The third-order valence-electron chi connectivity index (χ3n) is 5.20. The Labute approximate surface area is 196 Å². The number of pyridine rings is 1. The second-order valence-electron chi connectivity index (χ2n) is 7.78. The number of ether oxygens (including phenoxy) is 2. The third kappa shape index (κ3) is 4.83. The smallest absolute Gasteiger partial charge is 0.262 e. The van der Waals surface area contributed by atoms with Gasteiger partial charge in [0.05, 0.1) is 23.7 Å². The zero-order valence-electron chi connectivity index (χ0n) is 19.4. The number of nitrogens with one attached hydrogen (secondary N) is 2. The van der Waals surface area contributed by atoms with E-state index in [-0.39, 0.29) is 12.5 Å². The zero-order valence-corrected chi connectivity index (χ0v) is 19.4. The molecule has 0 spiro atoms. The minimum atomic E-state index is -0.418. The van der Waals surface area contributed by atoms with Crippen LogP contribution in [0.25, 0.3) is 11.0 Å². The molecule has 0 unspecified atom stereocenters. The molecule has 2 N–H and O–H groups in total. The summed E-state index contributed by atoms with van der Waals surface area (Å²) in [6.07, 6.45) is 0. The number of carbonyl (C=O) groups is 2. The van der Waals surface area contributed by atoms with Gasteiger partial charge in [0.15, 0.2) is 12.3 Å². The van der Waals surface area contributed by atoms with Crippen LogP contribution in [-0.2, 0) is 11.8 Å². The Morgan fingerprint density at radius 1 is 1.03 bits per heavy atom. The van der Waals surface area contributed by atoms with E-state index in [1.165, 1.54) is 0 Å². The number of aryl methyl sites for hydroxylation is 3. The van der Waals surface area contributed by atoms with E-state index >= 15 is 0 Å². The van der Waals surface area contributed by atoms with E-state index in [4.69, 9.17) is 9.47 Å². The highest BCUT2D eigenvalue weighted by molar-refractivity contribution is 6.10. The number of amides is 2. The zero-order chi connectivity index (χ0) is 24.2. The van der Waals surface area contributed by atoms with E-state index in [0.29, 0.717) is 34.2 Å². The molecule has 174 valence electrons. The Morgan fingerprint density at radius 2 is 1.82 bits per heavy atom. The van der Waals surface area contributed by atoms with Gasteiger partial charge in [-0.1, -0.05) is 18.2 Å². The third-order valence-corrected chi connectivity index (χ3v) is 5.20. The molecule has 2 aromatic carbocycles. The van der Waals surface area contributed by atoms with Crippen molar-refractivity contribution in [2.45, 2.75) is 13.8 Å². The number of methoxy groups -OCH3 is 1. The number of nitrogens with zero attached hydrogens (tertiary/aromatic N) is 3. The molecule has 4 rings (SSSR count). The minimum Gasteiger partial charge on any atom is -0.497 e. The Kier molecular flexibility index (Phi) is 6.44. The van der Waals surface area contributed by atoms with Crippen LogP contribution in [0.5, 0.6) is 11.6 Å². The molecule has 4 aromatic rings. The fourth-order valence-corrected chi connectivity index (χ4v) is 3.66. The Bertz CT molecular complexity index is 1380. The number of carbonyl (C=O) groups excluding carboxylic acids is 2. The molecule has 34 heavy (non-hydrogen) atoms. The van der Waals surface area contributed by atoms with Crippen LogP contribution in [0, 0.1) is 13.8 Å². The van der Waals surface area contributed by atoms with Crippen LogP contribution in [-0.4, -0.2) is 40.3 Å². The quantitative estimate of drug-likeness (QED) is 0.435. The van der Waals surface area contributed by atoms with Crippen LogP contribution in [0.2, 0.25) is 0 Å². The fourth-order valence-electron chi connectivity index (χ4n) is 3.66. The lowest BCUT2D eigenvalue weighted by molar-refractivity contribution is -0.118. The summed E-state index contributed by atoms with van der Waals surface area (Å²) < 4.78 is 12.5. The van der Waals surface area contributed by atoms with Crippen LogP contribution >= 0.6 is 0 Å². The Hall–Kier alpha value is -4.40. The van der Waals surface area contributed by atoms with E-state index in [1.807, 2.05) is 19.9 Å². The number of fused-ring (bicyclic) bond motifs is 1. The van der Waals surface area contributed by atoms with Gasteiger partial charge in [0.25, 0.3) is 11.8 Å². The summed E-state index contributed by atoms with van der Waals surface area (Å²) in [5.41, 5.74) is 3.79. The maximum atomic E-state index is 12.9. The highest BCUT2D eigenvalue weighted by atomic mass is 16.5. The van der Waals surface area contributed by atoms with Gasteiger partial charge in [-0.25, -0.2) is 9.67 Å². The number of aromatic nitrogens is 3. The van der Waals surface area contributed by atoms with E-state index in [0.717, 1.165) is 16.6 Å². The van der Waals surface area contributed by atoms with Crippen LogP contribution in [0.15, 0.2) is 54.6 Å². The number of benzene rings is 2. The number of anilines is 2. The first-order chi connectivity index (χ1) is 16.4. The molecule has 0 aliphatic carbocycles. The molecule has 0 aliphatic heterocycles. The summed E-state index contributed by atoms with van der Waals surface area (Å²) in [6.45, 7) is 3.59. The van der Waals surface area contributed by atoms with Gasteiger partial charge in [-0.2, -0.15) is 0 Å². The Morgan fingerprint density at radius 3 is 2.62 bits per heavy atom. The largest absolute Gasteiger partial charge is 0.497 e. The summed E-state index contributed by atoms with van der Waals surface area (Å²) in [5, 5.41) is 10.7. The van der Waals surface area contributed by atoms with Crippen molar-refractivity contribution in [1.82, 2.24) is 14.8 Å². The minimum absolute atomic E-state index is 0.273. The lowest BCUT2D eigenvalue weighted by Crippen LogP contribution is -2.23. The number of para-hydroxylation sites is 1. The number of hydrogen-bond donors (Lipinski definition) is 2. The summed E-state index contributed by atoms with van der Waals surface area (Å²) in [7, 11) is 3.33. The first-order valence-electron chi connectivity index (χ1n) is 10.6. The van der Waals surface area contributed by atoms with Gasteiger partial charge in [-0.05, 0) is 49.7 Å². The van der Waals surface area contributed by atoms with Gasteiger partial charge >= 0.3 is 0 Å². The lowest BCUT2D eigenvalue weighted by atomic mass is 10.1. The average Bonchev–Trinajstić information content (AvgIpc) is 3.13. The normalized spacial score (nSPS) is 10.7. The highest BCUT2D eigenvalue weighted by Gasteiger charge is 2.17. The molecule has 9 nitrogen and oxygen atoms in total. The van der Waals surface area contributed by atoms with E-state index in [2.05, 4.69) is 20.7 Å². The number of hydrogen-bond acceptors (Lipinski definition) is 6. The second-order valence-corrected chi connectivity index (χ2v) is 7.78. The summed E-state index contributed by atoms with van der Waals surface area (Å²) >= 11 is 0. The molecule has 0 aliphatic rings. The van der Waals surface area contributed by atoms with Crippen LogP contribution in [0.1, 0.15) is 21.6 Å². The summed E-state index contributed by atoms with van der Waals surface area (Å²) in [4.78, 5) is 30.0. The van der Waals surface area contributed by atoms with E-state index in [9.17, 15) is 9.59 Å². The van der Waals surface area contributed by atoms with Crippen molar-refractivity contribution in [2.75, 3.05) is 24.4 Å². The highest BCUT2D eigenvalue weighted by Crippen LogP contribution is 2.27. The molecule has 0 saturated heterocycles. The molecular formula is C25H25N5O4. The van der Waals surface area contributed by atoms with Crippen LogP contribution in [0.4, 0.5) is 11.4 Å². The number of rotatable bonds is 7. The van der Waals surface area contributed by atoms with Gasteiger partial charge in [-0.15, -0.1) is 5.10 Å². The maximum absolute atomic E-state index is 12.9. The molecule has 2 heterocycles. The van der Waals surface area contributed by atoms with Gasteiger partial charge in [0.1, 0.15) is 5.75 Å². The van der Waals surface area contributed by atoms with Crippen molar-refractivity contribution in [3.63, 3.8) is 0 Å². The SMILES string of the molecule is COc1cccc(NC(=O)c2ccccc2NC(=O)COc2nn(C)c3nc(C)cc(C)c23)c1. The topological polar surface area (TPSA) is 107 Å². The first kappa shape index (κ1) is 22.8. The second kappa shape index (κ2) is 9.62. The molecule has 0 radical (unpaired) electrons. The maximum Gasteiger partial charge on any atom is 0.262 e. The van der Waals surface area contributed by atoms with Crippen molar-refractivity contribution in [3.05, 3.63) is 71.4 Å². The molecular weight excluding hydrogens is 434 g/mol. The first-order valence-corrected chi connectivity index (χ1v) is 10.6. The standard InChI is InChI=1S/C25H25N5O4/c1-15-12-16(2)26-23-22(15)25(29-30(23)3)34-14-21(31)28-20-11-6-5-10-19(20)24(32)27-17-8-7-9-18(13-17)33-4/h5-13H,14H2,1-4H3,(H,27,32)(H,28,31). The molecule has 0 fully saturated rings. The van der Waals surface area contributed by atoms with E-state index in [1.54, 1.807) is 67.4 Å². The summed E-state index contributed by atoms with van der Waals surface area (Å²) in [6, 6.07) is 15.7. The van der Waals surface area contributed by atoms with Crippen molar-refractivity contribution < 1.29 is 19.1 Å². The van der Waals surface area contributed by atoms with Crippen molar-refractivity contribution in [3.8, 4) is 11.6 Å². The molecule has 0 atom stereocenters. The van der Waals surface area contributed by atoms with E-state index < -0.39 is 5.91 Å². The van der Waals surface area contributed by atoms with Crippen LogP contribution < -0.4 is 20.1 Å². The molecule has 2 amide bonds.